The smallest absolute Gasteiger partial charge is 0.455 e. The van der Waals surface area contributed by atoms with E-state index in [-0.39, 0.29) is 41.4 Å². The number of benzene rings is 1. The molecule has 0 bridgehead atoms. The summed E-state index contributed by atoms with van der Waals surface area (Å²) in [6.45, 7) is 6.60. The molecule has 0 spiro atoms. The van der Waals surface area contributed by atoms with Crippen molar-refractivity contribution < 1.29 is 24.4 Å². The van der Waals surface area contributed by atoms with Gasteiger partial charge in [0.1, 0.15) is 5.75 Å². The molecule has 1 aliphatic carbocycles. The molecule has 2 fully saturated rings. The Morgan fingerprint density at radius 1 is 1.24 bits per heavy atom. The van der Waals surface area contributed by atoms with Gasteiger partial charge in [-0.05, 0) is 74.5 Å². The van der Waals surface area contributed by atoms with Crippen LogP contribution in [-0.2, 0) is 14.2 Å². The van der Waals surface area contributed by atoms with Gasteiger partial charge in [-0.2, -0.15) is 0 Å². The van der Waals surface area contributed by atoms with Crippen LogP contribution in [-0.4, -0.2) is 46.6 Å². The molecule has 176 valence electrons. The number of phenolic OH excluding ortho intramolecular Hbond substituents is 1. The zero-order valence-electron chi connectivity index (χ0n) is 19.8. The van der Waals surface area contributed by atoms with Crippen molar-refractivity contribution in [2.45, 2.75) is 65.3 Å². The summed E-state index contributed by atoms with van der Waals surface area (Å²) >= 11 is 0. The highest BCUT2D eigenvalue weighted by atomic mass is 16.5. The number of hydrogen-bond donors (Lipinski definition) is 2. The average Bonchev–Trinajstić information content (AvgIpc) is 3.01. The third-order valence-corrected chi connectivity index (χ3v) is 7.41. The molecule has 2 heterocycles. The number of likely N-dealkylation sites (tertiary alicyclic amines) is 1. The maximum Gasteiger partial charge on any atom is 0.455 e. The first-order valence-electron chi connectivity index (χ1n) is 12.2. The van der Waals surface area contributed by atoms with Crippen LogP contribution in [0.15, 0.2) is 41.0 Å². The van der Waals surface area contributed by atoms with Crippen LogP contribution in [0.1, 0.15) is 58.4 Å². The summed E-state index contributed by atoms with van der Waals surface area (Å²) in [5.74, 6) is -0.710. The van der Waals surface area contributed by atoms with Gasteiger partial charge >= 0.3 is 7.12 Å². The number of amides is 2. The zero-order valence-corrected chi connectivity index (χ0v) is 19.8. The minimum Gasteiger partial charge on any atom is -0.508 e. The van der Waals surface area contributed by atoms with Gasteiger partial charge in [-0.25, -0.2) is 0 Å². The first kappa shape index (κ1) is 23.8. The molecule has 4 rings (SSSR count). The van der Waals surface area contributed by atoms with Gasteiger partial charge in [-0.3, -0.25) is 14.5 Å². The van der Waals surface area contributed by atoms with Gasteiger partial charge in [-0.15, -0.1) is 0 Å². The SMILES string of the molecule is CCCN1C(=O)[C@@H]2[C@@H](CC(C)=C3[C@@H](CC/C(=C/c4cccc(O)c4)CC)OB(O)C[C@@H]32)C1=O. The van der Waals surface area contributed by atoms with Gasteiger partial charge in [0, 0.05) is 6.54 Å². The maximum atomic E-state index is 13.2. The van der Waals surface area contributed by atoms with Crippen molar-refractivity contribution in [3.63, 3.8) is 0 Å². The van der Waals surface area contributed by atoms with E-state index >= 15 is 0 Å². The standard InChI is InChI=1S/C26H34BNO5/c1-4-11-28-25(30)20-12-16(3)23-21(24(20)26(28)31)15-27(32)33-22(23)10-9-17(5-2)13-18-7-6-8-19(29)14-18/h6-8,13-14,20-22,24,29,32H,4-5,9-12,15H2,1-3H3/b17-13+/t20-,21+,22-,24-/m1/s1. The molecular formula is C26H34BNO5. The lowest BCUT2D eigenvalue weighted by Gasteiger charge is -2.42. The molecule has 0 unspecified atom stereocenters. The minimum atomic E-state index is -0.932. The third-order valence-electron chi connectivity index (χ3n) is 7.41. The van der Waals surface area contributed by atoms with Crippen molar-refractivity contribution in [3.8, 4) is 5.75 Å². The fraction of sp³-hybridized carbons (Fsp3) is 0.538. The Morgan fingerprint density at radius 2 is 2.03 bits per heavy atom. The molecule has 2 saturated heterocycles. The van der Waals surface area contributed by atoms with E-state index in [2.05, 4.69) is 19.9 Å². The Labute approximate surface area is 196 Å². The quantitative estimate of drug-likeness (QED) is 0.369. The summed E-state index contributed by atoms with van der Waals surface area (Å²) in [4.78, 5) is 27.6. The van der Waals surface area contributed by atoms with Crippen LogP contribution < -0.4 is 0 Å². The summed E-state index contributed by atoms with van der Waals surface area (Å²) in [7, 11) is -0.932. The predicted octanol–water partition coefficient (Wildman–Crippen LogP) is 4.19. The largest absolute Gasteiger partial charge is 0.508 e. The van der Waals surface area contributed by atoms with Crippen LogP contribution >= 0.6 is 0 Å². The van der Waals surface area contributed by atoms with E-state index in [1.807, 2.05) is 19.1 Å². The van der Waals surface area contributed by atoms with Crippen molar-refractivity contribution in [1.82, 2.24) is 4.90 Å². The van der Waals surface area contributed by atoms with Crippen LogP contribution in [0.4, 0.5) is 0 Å². The highest BCUT2D eigenvalue weighted by molar-refractivity contribution is 6.43. The fourth-order valence-electron chi connectivity index (χ4n) is 5.95. The van der Waals surface area contributed by atoms with E-state index in [0.717, 1.165) is 36.0 Å². The lowest BCUT2D eigenvalue weighted by Crippen LogP contribution is -2.46. The number of phenols is 1. The van der Waals surface area contributed by atoms with Crippen molar-refractivity contribution in [3.05, 3.63) is 46.5 Å². The Balaban J connectivity index is 1.55. The molecule has 7 heteroatoms. The van der Waals surface area contributed by atoms with E-state index in [4.69, 9.17) is 4.65 Å². The number of imide groups is 1. The average molecular weight is 451 g/mol. The van der Waals surface area contributed by atoms with Crippen LogP contribution in [0.5, 0.6) is 5.75 Å². The molecule has 33 heavy (non-hydrogen) atoms. The number of aromatic hydroxyl groups is 1. The summed E-state index contributed by atoms with van der Waals surface area (Å²) in [6, 6.07) is 7.19. The summed E-state index contributed by atoms with van der Waals surface area (Å²) in [5.41, 5.74) is 4.44. The number of hydrogen-bond acceptors (Lipinski definition) is 5. The first-order chi connectivity index (χ1) is 15.8. The zero-order chi connectivity index (χ0) is 23.7. The van der Waals surface area contributed by atoms with Gasteiger partial charge in [0.05, 0.1) is 17.9 Å². The molecule has 2 aliphatic heterocycles. The Hall–Kier alpha value is -2.38. The first-order valence-corrected chi connectivity index (χ1v) is 12.2. The van der Waals surface area contributed by atoms with Crippen molar-refractivity contribution in [2.75, 3.05) is 6.54 Å². The molecule has 0 radical (unpaired) electrons. The summed E-state index contributed by atoms with van der Waals surface area (Å²) in [5, 5.41) is 20.3. The van der Waals surface area contributed by atoms with Crippen LogP contribution in [0, 0.1) is 17.8 Å². The van der Waals surface area contributed by atoms with Gasteiger partial charge < -0.3 is 14.8 Å². The van der Waals surface area contributed by atoms with Crippen LogP contribution in [0.2, 0.25) is 6.32 Å². The second-order valence-corrected chi connectivity index (χ2v) is 9.61. The Morgan fingerprint density at radius 3 is 2.73 bits per heavy atom. The second-order valence-electron chi connectivity index (χ2n) is 9.61. The highest BCUT2D eigenvalue weighted by Crippen LogP contribution is 2.50. The third kappa shape index (κ3) is 4.66. The van der Waals surface area contributed by atoms with Gasteiger partial charge in [0.2, 0.25) is 11.8 Å². The van der Waals surface area contributed by atoms with Crippen molar-refractivity contribution >= 4 is 25.0 Å². The predicted molar refractivity (Wildman–Crippen MR) is 128 cm³/mol. The van der Waals surface area contributed by atoms with E-state index < -0.39 is 7.12 Å². The topological polar surface area (TPSA) is 87.1 Å². The molecule has 1 aromatic carbocycles. The minimum absolute atomic E-state index is 0.0508. The van der Waals surface area contributed by atoms with E-state index in [1.54, 1.807) is 12.1 Å². The number of nitrogens with zero attached hydrogens (tertiary/aromatic N) is 1. The lowest BCUT2D eigenvalue weighted by molar-refractivity contribution is -0.140. The van der Waals surface area contributed by atoms with Gasteiger partial charge in [-0.1, -0.05) is 43.2 Å². The van der Waals surface area contributed by atoms with E-state index in [1.165, 1.54) is 10.5 Å². The normalized spacial score (nSPS) is 27.8. The van der Waals surface area contributed by atoms with Gasteiger partial charge in [0.15, 0.2) is 0 Å². The number of allylic oxidation sites excluding steroid dienone is 2. The molecular weight excluding hydrogens is 417 g/mol. The number of rotatable bonds is 7. The summed E-state index contributed by atoms with van der Waals surface area (Å²) in [6.07, 6.45) is 5.90. The highest BCUT2D eigenvalue weighted by Gasteiger charge is 2.56. The van der Waals surface area contributed by atoms with Gasteiger partial charge in [0.25, 0.3) is 0 Å². The van der Waals surface area contributed by atoms with Crippen molar-refractivity contribution in [2.24, 2.45) is 17.8 Å². The molecule has 3 aliphatic rings. The number of carbonyl (C=O) groups excluding carboxylic acids is 2. The van der Waals surface area contributed by atoms with E-state index in [9.17, 15) is 19.7 Å². The Kier molecular flexibility index (Phi) is 7.10. The molecule has 6 nitrogen and oxygen atoms in total. The lowest BCUT2D eigenvalue weighted by atomic mass is 9.59. The monoisotopic (exact) mass is 451 g/mol. The van der Waals surface area contributed by atoms with E-state index in [0.29, 0.717) is 25.7 Å². The molecule has 2 amide bonds. The second kappa shape index (κ2) is 9.86. The molecule has 0 saturated carbocycles. The Bertz CT molecular complexity index is 987. The maximum absolute atomic E-state index is 13.2. The number of fused-ring (bicyclic) bond motifs is 3. The van der Waals surface area contributed by atoms with Crippen LogP contribution in [0.3, 0.4) is 0 Å². The fourth-order valence-corrected chi connectivity index (χ4v) is 5.95. The number of carbonyl (C=O) groups is 2. The van der Waals surface area contributed by atoms with Crippen LogP contribution in [0.25, 0.3) is 6.08 Å². The molecule has 0 aromatic heterocycles. The molecule has 1 aromatic rings. The molecule has 4 atom stereocenters. The van der Waals surface area contributed by atoms with Crippen molar-refractivity contribution in [1.29, 1.82) is 0 Å². The molecule has 2 N–H and O–H groups in total. The summed E-state index contributed by atoms with van der Waals surface area (Å²) < 4.78 is 6.00.